The quantitative estimate of drug-likeness (QED) is 0.708. The molecule has 1 N–H and O–H groups in total. The second-order valence-electron chi connectivity index (χ2n) is 7.10. The number of hydrogen-bond donors (Lipinski definition) is 1. The summed E-state index contributed by atoms with van der Waals surface area (Å²) in [4.78, 5) is 24.5. The molecule has 0 bridgehead atoms. The van der Waals surface area contributed by atoms with E-state index in [0.29, 0.717) is 11.8 Å². The second kappa shape index (κ2) is 7.53. The summed E-state index contributed by atoms with van der Waals surface area (Å²) in [6.45, 7) is 1.92. The van der Waals surface area contributed by atoms with Gasteiger partial charge in [0.1, 0.15) is 6.54 Å². The molecule has 0 spiro atoms. The summed E-state index contributed by atoms with van der Waals surface area (Å²) in [5.41, 5.74) is 3.26. The van der Waals surface area contributed by atoms with Crippen molar-refractivity contribution in [2.75, 3.05) is 0 Å². The molecule has 138 valence electrons. The van der Waals surface area contributed by atoms with Gasteiger partial charge in [0, 0.05) is 11.1 Å². The Morgan fingerprint density at radius 3 is 2.44 bits per heavy atom. The van der Waals surface area contributed by atoms with Gasteiger partial charge in [-0.3, -0.25) is 14.2 Å². The zero-order valence-corrected chi connectivity index (χ0v) is 16.0. The van der Waals surface area contributed by atoms with Crippen LogP contribution in [0, 0.1) is 12.8 Å². The van der Waals surface area contributed by atoms with Gasteiger partial charge in [0.05, 0.1) is 6.04 Å². The molecule has 2 aromatic carbocycles. The third-order valence-electron chi connectivity index (χ3n) is 5.25. The number of carbonyl (C=O) groups is 1. The highest BCUT2D eigenvalue weighted by molar-refractivity contribution is 7.07. The van der Waals surface area contributed by atoms with Gasteiger partial charge in [-0.05, 0) is 36.3 Å². The molecule has 0 aliphatic heterocycles. The largest absolute Gasteiger partial charge is 0.347 e. The van der Waals surface area contributed by atoms with Crippen LogP contribution in [0.4, 0.5) is 0 Å². The fourth-order valence-corrected chi connectivity index (χ4v) is 4.46. The van der Waals surface area contributed by atoms with Crippen LogP contribution in [0.25, 0.3) is 0 Å². The van der Waals surface area contributed by atoms with Crippen molar-refractivity contribution >= 4 is 17.2 Å². The first-order valence-electron chi connectivity index (χ1n) is 9.17. The summed E-state index contributed by atoms with van der Waals surface area (Å²) in [7, 11) is 0. The molecule has 1 saturated carbocycles. The number of rotatable bonds is 6. The molecule has 1 amide bonds. The molecular formula is C22H22N2O2S. The molecule has 1 aliphatic carbocycles. The van der Waals surface area contributed by atoms with Gasteiger partial charge in [0.25, 0.3) is 0 Å². The smallest absolute Gasteiger partial charge is 0.307 e. The fourth-order valence-electron chi connectivity index (χ4n) is 3.72. The van der Waals surface area contributed by atoms with Crippen LogP contribution < -0.4 is 10.2 Å². The van der Waals surface area contributed by atoms with Gasteiger partial charge in [0.2, 0.25) is 5.91 Å². The maximum absolute atomic E-state index is 12.7. The molecule has 1 aromatic heterocycles. The Kier molecular flexibility index (Phi) is 4.94. The van der Waals surface area contributed by atoms with Gasteiger partial charge in [0.15, 0.2) is 0 Å². The van der Waals surface area contributed by atoms with Gasteiger partial charge in [-0.15, -0.1) is 0 Å². The minimum absolute atomic E-state index is 0.0430. The lowest BCUT2D eigenvalue weighted by Gasteiger charge is -2.20. The van der Waals surface area contributed by atoms with E-state index in [1.165, 1.54) is 10.1 Å². The van der Waals surface area contributed by atoms with Crippen molar-refractivity contribution in [1.29, 1.82) is 0 Å². The zero-order chi connectivity index (χ0) is 18.8. The van der Waals surface area contributed by atoms with Crippen molar-refractivity contribution in [2.24, 2.45) is 5.92 Å². The number of nitrogens with zero attached hydrogens (tertiary/aromatic N) is 1. The van der Waals surface area contributed by atoms with Crippen molar-refractivity contribution < 1.29 is 4.79 Å². The number of nitrogens with one attached hydrogen (secondary N) is 1. The number of benzene rings is 2. The molecule has 3 unspecified atom stereocenters. The third-order valence-corrected chi connectivity index (χ3v) is 6.13. The van der Waals surface area contributed by atoms with E-state index < -0.39 is 0 Å². The molecule has 3 atom stereocenters. The number of aromatic nitrogens is 1. The van der Waals surface area contributed by atoms with Crippen molar-refractivity contribution in [3.63, 3.8) is 0 Å². The number of aryl methyl sites for hydroxylation is 1. The summed E-state index contributed by atoms with van der Waals surface area (Å²) in [6, 6.07) is 20.5. The normalized spacial score (nSPS) is 19.4. The Balaban J connectivity index is 1.53. The molecule has 5 heteroatoms. The molecule has 4 nitrogen and oxygen atoms in total. The minimum Gasteiger partial charge on any atom is -0.347 e. The second-order valence-corrected chi connectivity index (χ2v) is 7.92. The topological polar surface area (TPSA) is 51.1 Å². The summed E-state index contributed by atoms with van der Waals surface area (Å²) in [5, 5.41) is 4.98. The van der Waals surface area contributed by atoms with Gasteiger partial charge in [-0.25, -0.2) is 0 Å². The number of hydrogen-bond acceptors (Lipinski definition) is 3. The lowest BCUT2D eigenvalue weighted by molar-refractivity contribution is -0.122. The highest BCUT2D eigenvalue weighted by atomic mass is 32.1. The number of thiazole rings is 1. The molecule has 0 radical (unpaired) electrons. The van der Waals surface area contributed by atoms with E-state index in [1.54, 1.807) is 5.38 Å². The lowest BCUT2D eigenvalue weighted by Crippen LogP contribution is -2.35. The van der Waals surface area contributed by atoms with Crippen LogP contribution in [0.15, 0.2) is 70.8 Å². The molecule has 1 heterocycles. The number of carbonyl (C=O) groups excluding carboxylic acids is 1. The van der Waals surface area contributed by atoms with Crippen LogP contribution >= 0.6 is 11.3 Å². The Morgan fingerprint density at radius 2 is 1.81 bits per heavy atom. The van der Waals surface area contributed by atoms with E-state index >= 15 is 0 Å². The highest BCUT2D eigenvalue weighted by Crippen LogP contribution is 2.54. The van der Waals surface area contributed by atoms with Crippen molar-refractivity contribution in [1.82, 2.24) is 9.88 Å². The van der Waals surface area contributed by atoms with Crippen LogP contribution in [0.1, 0.15) is 35.2 Å². The molecule has 1 fully saturated rings. The summed E-state index contributed by atoms with van der Waals surface area (Å²) in [6.07, 6.45) is 1.06. The van der Waals surface area contributed by atoms with Crippen molar-refractivity contribution in [3.05, 3.63) is 92.5 Å². The van der Waals surface area contributed by atoms with Crippen molar-refractivity contribution in [2.45, 2.75) is 31.8 Å². The predicted molar refractivity (Wildman–Crippen MR) is 108 cm³/mol. The van der Waals surface area contributed by atoms with Crippen LogP contribution in [-0.2, 0) is 11.3 Å². The van der Waals surface area contributed by atoms with Crippen LogP contribution in [0.5, 0.6) is 0 Å². The third kappa shape index (κ3) is 3.88. The first kappa shape index (κ1) is 17.7. The van der Waals surface area contributed by atoms with Crippen molar-refractivity contribution in [3.8, 4) is 0 Å². The SMILES string of the molecule is Cc1csc(=O)n1CC(=O)NC(c1ccccc1)C1CC1c1ccccc1. The van der Waals surface area contributed by atoms with E-state index in [0.717, 1.165) is 29.0 Å². The Labute approximate surface area is 162 Å². The summed E-state index contributed by atoms with van der Waals surface area (Å²) >= 11 is 1.13. The molecule has 1 aliphatic rings. The first-order chi connectivity index (χ1) is 13.1. The monoisotopic (exact) mass is 378 g/mol. The first-order valence-corrected chi connectivity index (χ1v) is 10.1. The van der Waals surface area contributed by atoms with Crippen LogP contribution in [0.3, 0.4) is 0 Å². The average molecular weight is 378 g/mol. The van der Waals surface area contributed by atoms with E-state index in [-0.39, 0.29) is 23.4 Å². The van der Waals surface area contributed by atoms with E-state index in [4.69, 9.17) is 0 Å². The average Bonchev–Trinajstić information content (AvgIpc) is 3.44. The summed E-state index contributed by atoms with van der Waals surface area (Å²) < 4.78 is 1.53. The molecular weight excluding hydrogens is 356 g/mol. The Bertz CT molecular complexity index is 978. The molecule has 27 heavy (non-hydrogen) atoms. The van der Waals surface area contributed by atoms with E-state index in [9.17, 15) is 9.59 Å². The molecule has 4 rings (SSSR count). The van der Waals surface area contributed by atoms with E-state index in [2.05, 4.69) is 41.7 Å². The molecule has 3 aromatic rings. The van der Waals surface area contributed by atoms with Gasteiger partial charge < -0.3 is 5.32 Å². The van der Waals surface area contributed by atoms with Crippen LogP contribution in [-0.4, -0.2) is 10.5 Å². The summed E-state index contributed by atoms with van der Waals surface area (Å²) in [5.74, 6) is 0.715. The molecule has 0 saturated heterocycles. The maximum atomic E-state index is 12.7. The van der Waals surface area contributed by atoms with Gasteiger partial charge >= 0.3 is 4.87 Å². The Hall–Kier alpha value is -2.66. The minimum atomic E-state index is -0.119. The fraction of sp³-hybridized carbons (Fsp3) is 0.273. The number of amides is 1. The lowest BCUT2D eigenvalue weighted by atomic mass is 9.98. The standard InChI is InChI=1S/C22H22N2O2S/c1-15-14-27-22(26)24(15)13-20(25)23-21(17-10-6-3-7-11-17)19-12-18(19)16-8-4-2-5-9-16/h2-11,14,18-19,21H,12-13H2,1H3,(H,23,25). The van der Waals surface area contributed by atoms with Crippen LogP contribution in [0.2, 0.25) is 0 Å². The van der Waals surface area contributed by atoms with Gasteiger partial charge in [-0.2, -0.15) is 0 Å². The Morgan fingerprint density at radius 1 is 1.15 bits per heavy atom. The van der Waals surface area contributed by atoms with E-state index in [1.807, 2.05) is 31.2 Å². The predicted octanol–water partition coefficient (Wildman–Crippen LogP) is 3.88. The zero-order valence-electron chi connectivity index (χ0n) is 15.2. The highest BCUT2D eigenvalue weighted by Gasteiger charge is 2.44. The maximum Gasteiger partial charge on any atom is 0.307 e. The van der Waals surface area contributed by atoms with Gasteiger partial charge in [-0.1, -0.05) is 72.0 Å².